The molecule has 1 aromatic heterocycles. The Bertz CT molecular complexity index is 903. The molecule has 32 heavy (non-hydrogen) atoms. The molecule has 3 heterocycles. The molecule has 7 heteroatoms. The molecule has 2 saturated heterocycles. The molecule has 1 aliphatic carbocycles. The number of halogens is 2. The van der Waals surface area contributed by atoms with Crippen molar-refractivity contribution in [2.45, 2.75) is 38.5 Å². The van der Waals surface area contributed by atoms with E-state index in [1.54, 1.807) is 6.07 Å². The van der Waals surface area contributed by atoms with E-state index in [2.05, 4.69) is 20.4 Å². The summed E-state index contributed by atoms with van der Waals surface area (Å²) in [5.41, 5.74) is 1.71. The van der Waals surface area contributed by atoms with Gasteiger partial charge in [0.15, 0.2) is 0 Å². The second-order valence-corrected chi connectivity index (χ2v) is 10.4. The minimum atomic E-state index is -0.332. The van der Waals surface area contributed by atoms with Gasteiger partial charge >= 0.3 is 0 Å². The molecule has 2 aromatic rings. The number of piperidine rings is 1. The monoisotopic (exact) mass is 458 g/mol. The van der Waals surface area contributed by atoms with Crippen molar-refractivity contribution in [2.75, 3.05) is 44.7 Å². The van der Waals surface area contributed by atoms with Gasteiger partial charge in [0, 0.05) is 25.3 Å². The number of hydrogen-bond acceptors (Lipinski definition) is 5. The van der Waals surface area contributed by atoms with Gasteiger partial charge in [0.1, 0.15) is 11.6 Å². The van der Waals surface area contributed by atoms with Crippen LogP contribution in [0.2, 0.25) is 5.02 Å². The Morgan fingerprint density at radius 3 is 2.69 bits per heavy atom. The van der Waals surface area contributed by atoms with Gasteiger partial charge in [-0.3, -0.25) is 0 Å². The Morgan fingerprint density at radius 2 is 1.97 bits per heavy atom. The molecule has 5 rings (SSSR count). The van der Waals surface area contributed by atoms with Crippen LogP contribution < -0.4 is 5.32 Å². The van der Waals surface area contributed by atoms with E-state index in [0.717, 1.165) is 31.5 Å². The first-order chi connectivity index (χ1) is 15.6. The van der Waals surface area contributed by atoms with E-state index in [-0.39, 0.29) is 5.82 Å². The van der Waals surface area contributed by atoms with Crippen molar-refractivity contribution >= 4 is 17.4 Å². The topological polar surface area (TPSA) is 50.3 Å². The van der Waals surface area contributed by atoms with E-state index in [9.17, 15) is 4.39 Å². The number of rotatable bonds is 6. The first kappa shape index (κ1) is 22.1. The predicted molar refractivity (Wildman–Crippen MR) is 125 cm³/mol. The quantitative estimate of drug-likeness (QED) is 0.639. The van der Waals surface area contributed by atoms with Crippen LogP contribution in [-0.4, -0.2) is 54.5 Å². The van der Waals surface area contributed by atoms with Crippen molar-refractivity contribution in [3.05, 3.63) is 41.2 Å². The van der Waals surface area contributed by atoms with Crippen LogP contribution in [0.25, 0.3) is 11.3 Å². The van der Waals surface area contributed by atoms with Crippen LogP contribution in [0, 0.1) is 23.1 Å². The molecule has 1 saturated carbocycles. The predicted octanol–water partition coefficient (Wildman–Crippen LogP) is 5.27. The average Bonchev–Trinajstić information content (AvgIpc) is 2.80. The molecule has 1 spiro atoms. The van der Waals surface area contributed by atoms with Crippen LogP contribution in [-0.2, 0) is 4.74 Å². The highest BCUT2D eigenvalue weighted by Crippen LogP contribution is 2.52. The summed E-state index contributed by atoms with van der Waals surface area (Å²) in [6.07, 6.45) is 7.84. The first-order valence-electron chi connectivity index (χ1n) is 11.9. The summed E-state index contributed by atoms with van der Waals surface area (Å²) in [7, 11) is 0. The first-order valence-corrected chi connectivity index (χ1v) is 12.3. The lowest BCUT2D eigenvalue weighted by Crippen LogP contribution is -2.49. The van der Waals surface area contributed by atoms with Gasteiger partial charge in [0.25, 0.3) is 0 Å². The van der Waals surface area contributed by atoms with Crippen molar-refractivity contribution in [3.63, 3.8) is 0 Å². The molecule has 3 aliphatic rings. The van der Waals surface area contributed by atoms with Crippen molar-refractivity contribution in [3.8, 4) is 11.3 Å². The molecule has 3 fully saturated rings. The number of aromatic nitrogens is 2. The molecule has 0 bridgehead atoms. The summed E-state index contributed by atoms with van der Waals surface area (Å²) in [6.45, 7) is 6.54. The number of ether oxygens (including phenoxy) is 1. The van der Waals surface area contributed by atoms with E-state index in [1.807, 2.05) is 12.1 Å². The summed E-state index contributed by atoms with van der Waals surface area (Å²) in [4.78, 5) is 2.66. The Morgan fingerprint density at radius 1 is 1.12 bits per heavy atom. The Balaban J connectivity index is 1.05. The normalized spacial score (nSPS) is 23.8. The second kappa shape index (κ2) is 9.62. The van der Waals surface area contributed by atoms with Crippen LogP contribution in [0.1, 0.15) is 38.5 Å². The zero-order valence-corrected chi connectivity index (χ0v) is 19.3. The third-order valence-electron chi connectivity index (χ3n) is 7.57. The van der Waals surface area contributed by atoms with Crippen molar-refractivity contribution in [1.29, 1.82) is 0 Å². The van der Waals surface area contributed by atoms with Crippen molar-refractivity contribution in [1.82, 2.24) is 15.1 Å². The summed E-state index contributed by atoms with van der Waals surface area (Å²) in [5, 5.41) is 12.4. The van der Waals surface area contributed by atoms with Gasteiger partial charge in [0.05, 0.1) is 17.3 Å². The number of hydrogen-bond donors (Lipinski definition) is 1. The molecule has 0 amide bonds. The minimum absolute atomic E-state index is 0.332. The van der Waals surface area contributed by atoms with Gasteiger partial charge in [-0.25, -0.2) is 4.39 Å². The molecular formula is C25H32ClFN4O. The van der Waals surface area contributed by atoms with Crippen molar-refractivity contribution in [2.24, 2.45) is 17.3 Å². The van der Waals surface area contributed by atoms with E-state index in [1.165, 1.54) is 70.3 Å². The standard InChI is InChI=1S/C25H32ClFN4O/c26-22-4-3-20(27)12-21(22)23-5-6-24(30-29-23)28-15-19-13-25(14-19)7-9-31(10-8-25)16-18-2-1-11-32-17-18/h3-6,12,18-19H,1-2,7-11,13-17H2,(H,28,30). The van der Waals surface area contributed by atoms with Crippen LogP contribution in [0.4, 0.5) is 10.2 Å². The smallest absolute Gasteiger partial charge is 0.148 e. The van der Waals surface area contributed by atoms with E-state index in [0.29, 0.717) is 27.6 Å². The Hall–Kier alpha value is -1.76. The molecule has 1 N–H and O–H groups in total. The lowest BCUT2D eigenvalue weighted by atomic mass is 9.57. The number of anilines is 1. The molecule has 1 aromatic carbocycles. The molecule has 1 unspecified atom stereocenters. The van der Waals surface area contributed by atoms with Gasteiger partial charge in [-0.05, 0) is 99.2 Å². The molecule has 1 atom stereocenters. The lowest BCUT2D eigenvalue weighted by Gasteiger charge is -2.53. The molecule has 2 aliphatic heterocycles. The largest absolute Gasteiger partial charge is 0.381 e. The van der Waals surface area contributed by atoms with E-state index in [4.69, 9.17) is 16.3 Å². The minimum Gasteiger partial charge on any atom is -0.381 e. The maximum atomic E-state index is 13.5. The highest BCUT2D eigenvalue weighted by molar-refractivity contribution is 6.33. The van der Waals surface area contributed by atoms with Crippen molar-refractivity contribution < 1.29 is 9.13 Å². The molecular weight excluding hydrogens is 427 g/mol. The second-order valence-electron chi connectivity index (χ2n) is 9.97. The van der Waals surface area contributed by atoms with Gasteiger partial charge in [0.2, 0.25) is 0 Å². The number of nitrogens with zero attached hydrogens (tertiary/aromatic N) is 3. The van der Waals surface area contributed by atoms with Crippen LogP contribution in [0.5, 0.6) is 0 Å². The average molecular weight is 459 g/mol. The van der Waals surface area contributed by atoms with Crippen LogP contribution in [0.3, 0.4) is 0 Å². The highest BCUT2D eigenvalue weighted by atomic mass is 35.5. The molecule has 5 nitrogen and oxygen atoms in total. The fourth-order valence-electron chi connectivity index (χ4n) is 5.76. The fourth-order valence-corrected chi connectivity index (χ4v) is 5.97. The number of likely N-dealkylation sites (tertiary alicyclic amines) is 1. The van der Waals surface area contributed by atoms with Crippen LogP contribution in [0.15, 0.2) is 30.3 Å². The number of nitrogens with one attached hydrogen (secondary N) is 1. The Labute approximate surface area is 194 Å². The third-order valence-corrected chi connectivity index (χ3v) is 7.90. The van der Waals surface area contributed by atoms with Gasteiger partial charge in [-0.15, -0.1) is 10.2 Å². The highest BCUT2D eigenvalue weighted by Gasteiger charge is 2.45. The molecule has 0 radical (unpaired) electrons. The Kier molecular flexibility index (Phi) is 6.63. The number of benzene rings is 1. The summed E-state index contributed by atoms with van der Waals surface area (Å²) >= 11 is 6.17. The third kappa shape index (κ3) is 5.08. The van der Waals surface area contributed by atoms with Crippen LogP contribution >= 0.6 is 11.6 Å². The summed E-state index contributed by atoms with van der Waals surface area (Å²) in [5.74, 6) is 1.86. The maximum Gasteiger partial charge on any atom is 0.148 e. The molecule has 172 valence electrons. The van der Waals surface area contributed by atoms with Gasteiger partial charge < -0.3 is 15.0 Å². The van der Waals surface area contributed by atoms with E-state index >= 15 is 0 Å². The zero-order chi connectivity index (χ0) is 22.0. The SMILES string of the molecule is Fc1ccc(Cl)c(-c2ccc(NCC3CC4(CCN(CC5CCCOC5)CC4)C3)nn2)c1. The fraction of sp³-hybridized carbons (Fsp3) is 0.600. The summed E-state index contributed by atoms with van der Waals surface area (Å²) in [6, 6.07) is 8.01. The zero-order valence-electron chi connectivity index (χ0n) is 18.5. The van der Waals surface area contributed by atoms with Gasteiger partial charge in [-0.1, -0.05) is 11.6 Å². The summed E-state index contributed by atoms with van der Waals surface area (Å²) < 4.78 is 19.2. The van der Waals surface area contributed by atoms with E-state index < -0.39 is 0 Å². The lowest BCUT2D eigenvalue weighted by molar-refractivity contribution is -0.0222. The van der Waals surface area contributed by atoms with Gasteiger partial charge in [-0.2, -0.15) is 0 Å². The maximum absolute atomic E-state index is 13.5.